The van der Waals surface area contributed by atoms with Gasteiger partial charge in [-0.1, -0.05) is 0 Å². The molecular weight excluding hydrogens is 314 g/mol. The summed E-state index contributed by atoms with van der Waals surface area (Å²) in [4.78, 5) is 23.3. The Hall–Kier alpha value is -1.73. The summed E-state index contributed by atoms with van der Waals surface area (Å²) in [7, 11) is 0. The maximum Gasteiger partial charge on any atom is 0.228 e. The van der Waals surface area contributed by atoms with E-state index in [1.54, 1.807) is 11.3 Å². The molecule has 1 fully saturated rings. The first kappa shape index (κ1) is 14.8. The van der Waals surface area contributed by atoms with Crippen LogP contribution in [-0.2, 0) is 28.9 Å². The number of ether oxygens (including phenoxy) is 1. The molecule has 1 saturated heterocycles. The Labute approximate surface area is 138 Å². The number of fused-ring (bicyclic) bond motifs is 1. The second kappa shape index (κ2) is 6.05. The van der Waals surface area contributed by atoms with Crippen LogP contribution in [0.1, 0.15) is 40.4 Å². The van der Waals surface area contributed by atoms with E-state index in [1.165, 1.54) is 0 Å². The van der Waals surface area contributed by atoms with Gasteiger partial charge in [-0.2, -0.15) is 0 Å². The molecule has 0 saturated carbocycles. The van der Waals surface area contributed by atoms with E-state index in [0.29, 0.717) is 26.1 Å². The van der Waals surface area contributed by atoms with E-state index in [9.17, 15) is 4.79 Å². The average molecular weight is 333 g/mol. The highest BCUT2D eigenvalue weighted by atomic mass is 32.1. The summed E-state index contributed by atoms with van der Waals surface area (Å²) < 4.78 is 11.3. The Morgan fingerprint density at radius 2 is 2.39 bits per heavy atom. The van der Waals surface area contributed by atoms with Crippen molar-refractivity contribution in [3.05, 3.63) is 33.4 Å². The SMILES string of the molecule is Cc1nc(CC(=O)N2CCc3oc(C4CCOC4)nc3C2)cs1. The molecule has 2 aliphatic rings. The van der Waals surface area contributed by atoms with Gasteiger partial charge in [-0.15, -0.1) is 11.3 Å². The molecule has 0 spiro atoms. The third-order valence-corrected chi connectivity index (χ3v) is 5.20. The smallest absolute Gasteiger partial charge is 0.228 e. The van der Waals surface area contributed by atoms with E-state index in [0.717, 1.165) is 47.5 Å². The van der Waals surface area contributed by atoms with Crippen LogP contribution in [0.15, 0.2) is 9.80 Å². The van der Waals surface area contributed by atoms with Gasteiger partial charge in [0.15, 0.2) is 5.89 Å². The van der Waals surface area contributed by atoms with Crippen molar-refractivity contribution >= 4 is 17.2 Å². The average Bonchev–Trinajstić information content (AvgIpc) is 3.26. The summed E-state index contributed by atoms with van der Waals surface area (Å²) in [5.41, 5.74) is 1.76. The molecule has 122 valence electrons. The third kappa shape index (κ3) is 3.03. The van der Waals surface area contributed by atoms with Crippen LogP contribution in [-0.4, -0.2) is 40.5 Å². The lowest BCUT2D eigenvalue weighted by Crippen LogP contribution is -2.36. The van der Waals surface area contributed by atoms with Gasteiger partial charge in [-0.3, -0.25) is 4.79 Å². The van der Waals surface area contributed by atoms with Gasteiger partial charge in [0.2, 0.25) is 5.91 Å². The van der Waals surface area contributed by atoms with E-state index in [2.05, 4.69) is 9.97 Å². The van der Waals surface area contributed by atoms with Crippen LogP contribution in [0.5, 0.6) is 0 Å². The quantitative estimate of drug-likeness (QED) is 0.860. The highest BCUT2D eigenvalue weighted by molar-refractivity contribution is 7.09. The van der Waals surface area contributed by atoms with Crippen molar-refractivity contribution in [1.82, 2.24) is 14.9 Å². The lowest BCUT2D eigenvalue weighted by atomic mass is 10.1. The fourth-order valence-corrected chi connectivity index (χ4v) is 3.70. The molecule has 23 heavy (non-hydrogen) atoms. The summed E-state index contributed by atoms with van der Waals surface area (Å²) >= 11 is 1.58. The molecule has 1 unspecified atom stereocenters. The molecule has 2 aliphatic heterocycles. The first-order valence-electron chi connectivity index (χ1n) is 7.94. The lowest BCUT2D eigenvalue weighted by Gasteiger charge is -2.25. The largest absolute Gasteiger partial charge is 0.445 e. The van der Waals surface area contributed by atoms with Gasteiger partial charge >= 0.3 is 0 Å². The van der Waals surface area contributed by atoms with Gasteiger partial charge in [0.25, 0.3) is 0 Å². The van der Waals surface area contributed by atoms with E-state index in [-0.39, 0.29) is 11.8 Å². The molecule has 6 nitrogen and oxygen atoms in total. The van der Waals surface area contributed by atoms with Crippen molar-refractivity contribution in [2.75, 3.05) is 19.8 Å². The Bertz CT molecular complexity index is 718. The van der Waals surface area contributed by atoms with Crippen LogP contribution in [0.2, 0.25) is 0 Å². The number of nitrogens with zero attached hydrogens (tertiary/aromatic N) is 3. The highest BCUT2D eigenvalue weighted by Gasteiger charge is 2.29. The first-order chi connectivity index (χ1) is 11.2. The molecule has 2 aromatic heterocycles. The standard InChI is InChI=1S/C16H19N3O3S/c1-10-17-12(9-23-10)6-15(20)19-4-2-14-13(7-19)18-16(22-14)11-3-5-21-8-11/h9,11H,2-8H2,1H3. The number of aryl methyl sites for hydroxylation is 1. The molecule has 0 radical (unpaired) electrons. The lowest BCUT2D eigenvalue weighted by molar-refractivity contribution is -0.131. The topological polar surface area (TPSA) is 68.5 Å². The maximum absolute atomic E-state index is 12.5. The number of hydrogen-bond acceptors (Lipinski definition) is 6. The molecule has 4 rings (SSSR count). The molecule has 0 aliphatic carbocycles. The Morgan fingerprint density at radius 3 is 3.13 bits per heavy atom. The fraction of sp³-hybridized carbons (Fsp3) is 0.562. The van der Waals surface area contributed by atoms with E-state index in [4.69, 9.17) is 9.15 Å². The minimum atomic E-state index is 0.106. The highest BCUT2D eigenvalue weighted by Crippen LogP contribution is 2.29. The van der Waals surface area contributed by atoms with Crippen LogP contribution in [0.25, 0.3) is 0 Å². The van der Waals surface area contributed by atoms with Crippen LogP contribution in [0, 0.1) is 6.92 Å². The maximum atomic E-state index is 12.5. The van der Waals surface area contributed by atoms with Crippen LogP contribution < -0.4 is 0 Å². The number of oxazole rings is 1. The predicted octanol–water partition coefficient (Wildman–Crippen LogP) is 2.07. The number of hydrogen-bond donors (Lipinski definition) is 0. The minimum absolute atomic E-state index is 0.106. The predicted molar refractivity (Wildman–Crippen MR) is 84.4 cm³/mol. The molecule has 0 N–H and O–H groups in total. The Balaban J connectivity index is 1.44. The van der Waals surface area contributed by atoms with Crippen molar-refractivity contribution in [2.45, 2.75) is 38.6 Å². The fourth-order valence-electron chi connectivity index (χ4n) is 3.09. The van der Waals surface area contributed by atoms with E-state index in [1.807, 2.05) is 17.2 Å². The zero-order valence-corrected chi connectivity index (χ0v) is 13.9. The Kier molecular flexibility index (Phi) is 3.90. The van der Waals surface area contributed by atoms with Gasteiger partial charge in [0.1, 0.15) is 11.5 Å². The van der Waals surface area contributed by atoms with Gasteiger partial charge in [-0.25, -0.2) is 9.97 Å². The number of carbonyl (C=O) groups is 1. The molecule has 2 aromatic rings. The first-order valence-corrected chi connectivity index (χ1v) is 8.82. The molecule has 7 heteroatoms. The van der Waals surface area contributed by atoms with Crippen LogP contribution in [0.4, 0.5) is 0 Å². The normalized spacial score (nSPS) is 20.7. The van der Waals surface area contributed by atoms with Crippen molar-refractivity contribution < 1.29 is 13.9 Å². The monoisotopic (exact) mass is 333 g/mol. The van der Waals surface area contributed by atoms with Crippen molar-refractivity contribution in [2.24, 2.45) is 0 Å². The summed E-state index contributed by atoms with van der Waals surface area (Å²) in [5.74, 6) is 2.08. The summed E-state index contributed by atoms with van der Waals surface area (Å²) in [6, 6.07) is 0. The Morgan fingerprint density at radius 1 is 1.48 bits per heavy atom. The number of carbonyl (C=O) groups excluding carboxylic acids is 1. The number of thiazole rings is 1. The second-order valence-corrected chi connectivity index (χ2v) is 7.14. The molecule has 4 heterocycles. The van der Waals surface area contributed by atoms with Gasteiger partial charge in [-0.05, 0) is 13.3 Å². The number of aromatic nitrogens is 2. The number of amides is 1. The minimum Gasteiger partial charge on any atom is -0.445 e. The summed E-state index contributed by atoms with van der Waals surface area (Å²) in [5, 5.41) is 2.95. The van der Waals surface area contributed by atoms with Gasteiger partial charge < -0.3 is 14.1 Å². The molecular formula is C16H19N3O3S. The van der Waals surface area contributed by atoms with Crippen LogP contribution in [0.3, 0.4) is 0 Å². The van der Waals surface area contributed by atoms with Crippen LogP contribution >= 0.6 is 11.3 Å². The second-order valence-electron chi connectivity index (χ2n) is 6.08. The van der Waals surface area contributed by atoms with Gasteiger partial charge in [0, 0.05) is 25.0 Å². The third-order valence-electron chi connectivity index (χ3n) is 4.37. The zero-order valence-electron chi connectivity index (χ0n) is 13.1. The number of rotatable bonds is 3. The van der Waals surface area contributed by atoms with Crippen molar-refractivity contribution in [1.29, 1.82) is 0 Å². The molecule has 0 bridgehead atoms. The van der Waals surface area contributed by atoms with Crippen molar-refractivity contribution in [3.8, 4) is 0 Å². The molecule has 0 aromatic carbocycles. The van der Waals surface area contributed by atoms with E-state index < -0.39 is 0 Å². The zero-order chi connectivity index (χ0) is 15.8. The summed E-state index contributed by atoms with van der Waals surface area (Å²) in [6.07, 6.45) is 2.06. The van der Waals surface area contributed by atoms with Gasteiger partial charge in [0.05, 0.1) is 36.2 Å². The molecule has 1 atom stereocenters. The molecule has 1 amide bonds. The van der Waals surface area contributed by atoms with E-state index >= 15 is 0 Å². The van der Waals surface area contributed by atoms with Crippen molar-refractivity contribution in [3.63, 3.8) is 0 Å². The summed E-state index contributed by atoms with van der Waals surface area (Å²) in [6.45, 7) is 4.63.